The molecule has 0 saturated heterocycles. The zero-order chi connectivity index (χ0) is 13.8. The Morgan fingerprint density at radius 2 is 1.79 bits per heavy atom. The van der Waals surface area contributed by atoms with E-state index in [-0.39, 0.29) is 5.91 Å². The van der Waals surface area contributed by atoms with Gasteiger partial charge in [0.05, 0.1) is 7.11 Å². The number of amides is 1. The summed E-state index contributed by atoms with van der Waals surface area (Å²) in [6.07, 6.45) is 0. The van der Waals surface area contributed by atoms with Gasteiger partial charge in [0.25, 0.3) is 0 Å². The Labute approximate surface area is 111 Å². The number of anilines is 1. The van der Waals surface area contributed by atoms with Crippen molar-refractivity contribution in [2.45, 2.75) is 6.92 Å². The lowest BCUT2D eigenvalue weighted by molar-refractivity contribution is -0.147. The van der Waals surface area contributed by atoms with Crippen LogP contribution < -0.4 is 5.32 Å². The maximum Gasteiger partial charge on any atom is 0.317 e. The molecule has 98 valence electrons. The number of nitrogens with one attached hydrogen (secondary N) is 1. The lowest BCUT2D eigenvalue weighted by Crippen LogP contribution is -2.28. The number of hydrogen-bond acceptors (Lipinski definition) is 3. The summed E-state index contributed by atoms with van der Waals surface area (Å²) in [4.78, 5) is 23.3. The molecule has 2 rings (SSSR count). The van der Waals surface area contributed by atoms with Gasteiger partial charge in [-0.3, -0.25) is 9.59 Å². The summed E-state index contributed by atoms with van der Waals surface area (Å²) in [6.45, 7) is 1.52. The highest BCUT2D eigenvalue weighted by Gasteiger charge is 2.22. The Bertz CT molecular complexity index is 616. The van der Waals surface area contributed by atoms with E-state index in [1.807, 2.05) is 42.5 Å². The fourth-order valence-corrected chi connectivity index (χ4v) is 1.86. The average molecular weight is 257 g/mol. The molecule has 0 radical (unpaired) electrons. The zero-order valence-electron chi connectivity index (χ0n) is 10.8. The minimum absolute atomic E-state index is 0.372. The third kappa shape index (κ3) is 2.73. The molecule has 0 aliphatic carbocycles. The van der Waals surface area contributed by atoms with Crippen molar-refractivity contribution in [1.82, 2.24) is 0 Å². The van der Waals surface area contributed by atoms with E-state index in [1.54, 1.807) is 0 Å². The van der Waals surface area contributed by atoms with E-state index in [4.69, 9.17) is 0 Å². The molecule has 1 amide bonds. The van der Waals surface area contributed by atoms with Crippen molar-refractivity contribution in [2.75, 3.05) is 12.4 Å². The van der Waals surface area contributed by atoms with Crippen LogP contribution in [0.4, 0.5) is 5.69 Å². The van der Waals surface area contributed by atoms with E-state index in [9.17, 15) is 9.59 Å². The molecule has 1 atom stereocenters. The molecule has 0 bridgehead atoms. The van der Waals surface area contributed by atoms with Crippen LogP contribution in [0.5, 0.6) is 0 Å². The molecule has 4 heteroatoms. The molecule has 0 aliphatic rings. The fraction of sp³-hybridized carbons (Fsp3) is 0.200. The van der Waals surface area contributed by atoms with Crippen LogP contribution in [0.15, 0.2) is 42.5 Å². The fourth-order valence-electron chi connectivity index (χ4n) is 1.86. The summed E-state index contributed by atoms with van der Waals surface area (Å²) in [5, 5.41) is 4.73. The molecule has 2 aromatic rings. The van der Waals surface area contributed by atoms with Gasteiger partial charge in [0.2, 0.25) is 5.91 Å². The lowest BCUT2D eigenvalue weighted by atomic mass is 10.1. The highest BCUT2D eigenvalue weighted by Crippen LogP contribution is 2.23. The third-order valence-electron chi connectivity index (χ3n) is 3.00. The van der Waals surface area contributed by atoms with Gasteiger partial charge in [-0.2, -0.15) is 0 Å². The van der Waals surface area contributed by atoms with Crippen molar-refractivity contribution in [3.05, 3.63) is 42.5 Å². The number of esters is 1. The number of fused-ring (bicyclic) bond motifs is 1. The predicted octanol–water partition coefficient (Wildman–Crippen LogP) is 2.59. The van der Waals surface area contributed by atoms with Gasteiger partial charge in [-0.1, -0.05) is 36.4 Å². The smallest absolute Gasteiger partial charge is 0.317 e. The largest absolute Gasteiger partial charge is 0.468 e. The van der Waals surface area contributed by atoms with E-state index >= 15 is 0 Å². The van der Waals surface area contributed by atoms with Crippen LogP contribution in [-0.2, 0) is 14.3 Å². The Hall–Kier alpha value is -2.36. The maximum absolute atomic E-state index is 11.9. The van der Waals surface area contributed by atoms with Gasteiger partial charge in [-0.05, 0) is 18.4 Å². The summed E-state index contributed by atoms with van der Waals surface area (Å²) in [7, 11) is 1.27. The first-order valence-electron chi connectivity index (χ1n) is 6.00. The second-order valence-corrected chi connectivity index (χ2v) is 4.26. The second kappa shape index (κ2) is 5.52. The number of rotatable bonds is 3. The first-order valence-corrected chi connectivity index (χ1v) is 6.00. The SMILES string of the molecule is COC(=O)C(C)C(=O)Nc1cccc2ccccc12. The summed E-state index contributed by atoms with van der Waals surface area (Å²) in [5.74, 6) is -1.75. The van der Waals surface area contributed by atoms with Crippen LogP contribution >= 0.6 is 0 Å². The van der Waals surface area contributed by atoms with Gasteiger partial charge in [-0.25, -0.2) is 0 Å². The first-order chi connectivity index (χ1) is 9.13. The average Bonchev–Trinajstić information content (AvgIpc) is 2.46. The minimum atomic E-state index is -0.830. The summed E-state index contributed by atoms with van der Waals surface area (Å²) >= 11 is 0. The monoisotopic (exact) mass is 257 g/mol. The van der Waals surface area contributed by atoms with Crippen molar-refractivity contribution in [3.63, 3.8) is 0 Å². The van der Waals surface area contributed by atoms with E-state index in [0.29, 0.717) is 5.69 Å². The molecule has 19 heavy (non-hydrogen) atoms. The topological polar surface area (TPSA) is 55.4 Å². The molecule has 2 aromatic carbocycles. The Kier molecular flexibility index (Phi) is 3.80. The van der Waals surface area contributed by atoms with E-state index in [0.717, 1.165) is 10.8 Å². The van der Waals surface area contributed by atoms with Crippen LogP contribution in [0, 0.1) is 5.92 Å². The van der Waals surface area contributed by atoms with Crippen LogP contribution in [0.1, 0.15) is 6.92 Å². The molecule has 0 aliphatic heterocycles. The molecule has 0 fully saturated rings. The Morgan fingerprint density at radius 1 is 1.11 bits per heavy atom. The van der Waals surface area contributed by atoms with E-state index < -0.39 is 11.9 Å². The first kappa shape index (κ1) is 13.1. The summed E-state index contributed by atoms with van der Waals surface area (Å²) in [5.41, 5.74) is 0.693. The molecule has 0 saturated carbocycles. The van der Waals surface area contributed by atoms with Gasteiger partial charge in [0.15, 0.2) is 0 Å². The van der Waals surface area contributed by atoms with Crippen LogP contribution in [0.3, 0.4) is 0 Å². The number of hydrogen-bond donors (Lipinski definition) is 1. The second-order valence-electron chi connectivity index (χ2n) is 4.26. The van der Waals surface area contributed by atoms with E-state index in [1.165, 1.54) is 14.0 Å². The number of carbonyl (C=O) groups is 2. The van der Waals surface area contributed by atoms with E-state index in [2.05, 4.69) is 10.1 Å². The Balaban J connectivity index is 2.27. The van der Waals surface area contributed by atoms with Crippen molar-refractivity contribution in [1.29, 1.82) is 0 Å². The zero-order valence-corrected chi connectivity index (χ0v) is 10.8. The highest BCUT2D eigenvalue weighted by molar-refractivity contribution is 6.08. The minimum Gasteiger partial charge on any atom is -0.468 e. The maximum atomic E-state index is 11.9. The molecule has 0 spiro atoms. The molecule has 0 heterocycles. The molecular weight excluding hydrogens is 242 g/mol. The molecular formula is C15H15NO3. The third-order valence-corrected chi connectivity index (χ3v) is 3.00. The lowest BCUT2D eigenvalue weighted by Gasteiger charge is -2.12. The standard InChI is InChI=1S/C15H15NO3/c1-10(15(18)19-2)14(17)16-13-9-5-7-11-6-3-4-8-12(11)13/h3-10H,1-2H3,(H,16,17). The highest BCUT2D eigenvalue weighted by atomic mass is 16.5. The van der Waals surface area contributed by atoms with Crippen LogP contribution in [-0.4, -0.2) is 19.0 Å². The predicted molar refractivity (Wildman–Crippen MR) is 73.8 cm³/mol. The van der Waals surface area contributed by atoms with Crippen LogP contribution in [0.25, 0.3) is 10.8 Å². The van der Waals surface area contributed by atoms with Crippen molar-refractivity contribution in [2.24, 2.45) is 5.92 Å². The van der Waals surface area contributed by atoms with Gasteiger partial charge in [0.1, 0.15) is 5.92 Å². The van der Waals surface area contributed by atoms with Gasteiger partial charge < -0.3 is 10.1 Å². The summed E-state index contributed by atoms with van der Waals surface area (Å²) in [6, 6.07) is 13.4. The van der Waals surface area contributed by atoms with Gasteiger partial charge >= 0.3 is 5.97 Å². The molecule has 1 N–H and O–H groups in total. The van der Waals surface area contributed by atoms with Gasteiger partial charge in [0, 0.05) is 11.1 Å². The number of benzene rings is 2. The summed E-state index contributed by atoms with van der Waals surface area (Å²) < 4.78 is 4.56. The molecule has 0 aromatic heterocycles. The number of carbonyl (C=O) groups excluding carboxylic acids is 2. The number of ether oxygens (including phenoxy) is 1. The van der Waals surface area contributed by atoms with Crippen molar-refractivity contribution in [3.8, 4) is 0 Å². The number of methoxy groups -OCH3 is 1. The normalized spacial score (nSPS) is 11.9. The molecule has 1 unspecified atom stereocenters. The molecule has 4 nitrogen and oxygen atoms in total. The van der Waals surface area contributed by atoms with Crippen LogP contribution in [0.2, 0.25) is 0 Å². The van der Waals surface area contributed by atoms with Crippen molar-refractivity contribution < 1.29 is 14.3 Å². The van der Waals surface area contributed by atoms with Gasteiger partial charge in [-0.15, -0.1) is 0 Å². The quantitative estimate of drug-likeness (QED) is 0.679. The van der Waals surface area contributed by atoms with Crippen molar-refractivity contribution >= 4 is 28.3 Å². The Morgan fingerprint density at radius 3 is 2.53 bits per heavy atom.